The summed E-state index contributed by atoms with van der Waals surface area (Å²) in [5.41, 5.74) is 4.78. The molecule has 0 aliphatic rings. The van der Waals surface area contributed by atoms with Gasteiger partial charge in [-0.25, -0.2) is 0 Å². The van der Waals surface area contributed by atoms with Crippen molar-refractivity contribution < 1.29 is 0 Å². The van der Waals surface area contributed by atoms with E-state index in [0.717, 1.165) is 11.0 Å². The number of fused-ring (bicyclic) bond motifs is 1. The van der Waals surface area contributed by atoms with Crippen LogP contribution < -0.4 is 0 Å². The van der Waals surface area contributed by atoms with Crippen molar-refractivity contribution in [2.75, 3.05) is 0 Å². The van der Waals surface area contributed by atoms with Crippen LogP contribution in [0.3, 0.4) is 0 Å². The predicted octanol–water partition coefficient (Wildman–Crippen LogP) is 4.22. The Kier molecular flexibility index (Phi) is 2.92. The van der Waals surface area contributed by atoms with Crippen LogP contribution in [0.15, 0.2) is 24.5 Å². The molecule has 0 saturated heterocycles. The summed E-state index contributed by atoms with van der Waals surface area (Å²) in [5.74, 6) is 0. The van der Waals surface area contributed by atoms with Crippen LogP contribution in [-0.2, 0) is 10.8 Å². The maximum absolute atomic E-state index is 4.56. The van der Waals surface area contributed by atoms with Gasteiger partial charge in [0.15, 0.2) is 0 Å². The maximum Gasteiger partial charge on any atom is 0.0927 e. The fourth-order valence-corrected chi connectivity index (χ4v) is 2.27. The van der Waals surface area contributed by atoms with E-state index in [2.05, 4.69) is 63.6 Å². The molecule has 0 fully saturated rings. The second kappa shape index (κ2) is 4.04. The molecule has 0 radical (unpaired) electrons. The van der Waals surface area contributed by atoms with Crippen LogP contribution in [0.25, 0.3) is 11.0 Å². The Bertz CT molecular complexity index is 519. The molecule has 0 atom stereocenters. The van der Waals surface area contributed by atoms with Gasteiger partial charge in [-0.15, -0.1) is 0 Å². The number of benzene rings is 1. The molecule has 2 heteroatoms. The van der Waals surface area contributed by atoms with Gasteiger partial charge in [-0.1, -0.05) is 53.7 Å². The van der Waals surface area contributed by atoms with Gasteiger partial charge in [-0.3, -0.25) is 9.97 Å². The third kappa shape index (κ3) is 2.24. The van der Waals surface area contributed by atoms with Crippen LogP contribution in [0.2, 0.25) is 0 Å². The lowest BCUT2D eigenvalue weighted by atomic mass is 9.80. The Morgan fingerprint density at radius 1 is 0.667 bits per heavy atom. The summed E-state index contributed by atoms with van der Waals surface area (Å²) < 4.78 is 0. The van der Waals surface area contributed by atoms with Gasteiger partial charge in [0.1, 0.15) is 0 Å². The first kappa shape index (κ1) is 13.0. The van der Waals surface area contributed by atoms with Crippen LogP contribution in [0.1, 0.15) is 52.7 Å². The first-order valence-corrected chi connectivity index (χ1v) is 6.46. The van der Waals surface area contributed by atoms with E-state index in [9.17, 15) is 0 Å². The second-order valence-electron chi connectivity index (χ2n) is 6.91. The van der Waals surface area contributed by atoms with E-state index in [-0.39, 0.29) is 10.8 Å². The first-order valence-electron chi connectivity index (χ1n) is 6.46. The number of hydrogen-bond donors (Lipinski definition) is 0. The molecule has 18 heavy (non-hydrogen) atoms. The van der Waals surface area contributed by atoms with E-state index < -0.39 is 0 Å². The van der Waals surface area contributed by atoms with Crippen LogP contribution in [0, 0.1) is 0 Å². The zero-order chi connectivity index (χ0) is 13.6. The van der Waals surface area contributed by atoms with Gasteiger partial charge in [-0.05, 0) is 22.0 Å². The van der Waals surface area contributed by atoms with Gasteiger partial charge in [0.25, 0.3) is 0 Å². The highest BCUT2D eigenvalue weighted by Crippen LogP contribution is 2.34. The molecule has 0 bridgehead atoms. The summed E-state index contributed by atoms with van der Waals surface area (Å²) in [5, 5.41) is 0. The number of aromatic nitrogens is 2. The summed E-state index contributed by atoms with van der Waals surface area (Å²) in [6.45, 7) is 13.3. The summed E-state index contributed by atoms with van der Waals surface area (Å²) in [6, 6.07) is 4.41. The van der Waals surface area contributed by atoms with Gasteiger partial charge in [0.2, 0.25) is 0 Å². The largest absolute Gasteiger partial charge is 0.253 e. The predicted molar refractivity (Wildman–Crippen MR) is 76.9 cm³/mol. The lowest BCUT2D eigenvalue weighted by Crippen LogP contribution is -2.17. The van der Waals surface area contributed by atoms with E-state index in [1.165, 1.54) is 11.1 Å². The summed E-state index contributed by atoms with van der Waals surface area (Å²) in [4.78, 5) is 9.12. The van der Waals surface area contributed by atoms with Gasteiger partial charge in [0.05, 0.1) is 11.0 Å². The van der Waals surface area contributed by atoms with E-state index in [4.69, 9.17) is 0 Å². The smallest absolute Gasteiger partial charge is 0.0927 e. The van der Waals surface area contributed by atoms with Crippen LogP contribution in [-0.4, -0.2) is 9.97 Å². The Morgan fingerprint density at radius 3 is 1.28 bits per heavy atom. The van der Waals surface area contributed by atoms with Crippen LogP contribution >= 0.6 is 0 Å². The normalized spacial score (nSPS) is 13.0. The zero-order valence-electron chi connectivity index (χ0n) is 12.2. The third-order valence-electron chi connectivity index (χ3n) is 3.24. The fraction of sp³-hybridized carbons (Fsp3) is 0.500. The Morgan fingerprint density at radius 2 is 1.00 bits per heavy atom. The highest BCUT2D eigenvalue weighted by Gasteiger charge is 2.23. The summed E-state index contributed by atoms with van der Waals surface area (Å²) >= 11 is 0. The molecule has 1 aromatic heterocycles. The molecular weight excluding hydrogens is 220 g/mol. The SMILES string of the molecule is CC(C)(C)c1ccc(C(C)(C)C)c2nccnc12. The monoisotopic (exact) mass is 242 g/mol. The Hall–Kier alpha value is -1.44. The van der Waals surface area contributed by atoms with E-state index in [1.807, 2.05) is 0 Å². The average Bonchev–Trinajstić information content (AvgIpc) is 2.24. The van der Waals surface area contributed by atoms with Crippen molar-refractivity contribution in [2.24, 2.45) is 0 Å². The highest BCUT2D eigenvalue weighted by atomic mass is 14.8. The van der Waals surface area contributed by atoms with Crippen molar-refractivity contribution in [1.82, 2.24) is 9.97 Å². The summed E-state index contributed by atoms with van der Waals surface area (Å²) in [7, 11) is 0. The minimum absolute atomic E-state index is 0.0880. The first-order chi connectivity index (χ1) is 8.21. The van der Waals surface area contributed by atoms with Gasteiger partial charge in [0, 0.05) is 12.4 Å². The van der Waals surface area contributed by atoms with E-state index in [1.54, 1.807) is 12.4 Å². The molecular formula is C16H22N2. The fourth-order valence-electron chi connectivity index (χ4n) is 2.27. The van der Waals surface area contributed by atoms with Crippen LogP contribution in [0.4, 0.5) is 0 Å². The molecule has 0 N–H and O–H groups in total. The Labute approximate surface area is 109 Å². The van der Waals surface area contributed by atoms with Crippen molar-refractivity contribution in [3.63, 3.8) is 0 Å². The molecule has 1 aromatic carbocycles. The topological polar surface area (TPSA) is 25.8 Å². The summed E-state index contributed by atoms with van der Waals surface area (Å²) in [6.07, 6.45) is 3.56. The molecule has 2 rings (SSSR count). The maximum atomic E-state index is 4.56. The van der Waals surface area contributed by atoms with Crippen molar-refractivity contribution in [3.05, 3.63) is 35.7 Å². The molecule has 0 unspecified atom stereocenters. The zero-order valence-corrected chi connectivity index (χ0v) is 12.2. The molecule has 1 heterocycles. The quantitative estimate of drug-likeness (QED) is 0.691. The van der Waals surface area contributed by atoms with E-state index in [0.29, 0.717) is 0 Å². The molecule has 0 aliphatic heterocycles. The standard InChI is InChI=1S/C16H22N2/c1-15(2,3)11-7-8-12(16(4,5)6)14-13(11)17-9-10-18-14/h7-10H,1-6H3. The molecule has 0 amide bonds. The molecule has 96 valence electrons. The Balaban J connectivity index is 2.83. The van der Waals surface area contributed by atoms with Crippen molar-refractivity contribution >= 4 is 11.0 Å². The number of hydrogen-bond acceptors (Lipinski definition) is 2. The molecule has 2 nitrogen and oxygen atoms in total. The molecule has 2 aromatic rings. The van der Waals surface area contributed by atoms with E-state index >= 15 is 0 Å². The molecule has 0 saturated carbocycles. The molecule has 0 aliphatic carbocycles. The van der Waals surface area contributed by atoms with Crippen molar-refractivity contribution in [1.29, 1.82) is 0 Å². The lowest BCUT2D eigenvalue weighted by Gasteiger charge is -2.25. The number of nitrogens with zero attached hydrogens (tertiary/aromatic N) is 2. The number of rotatable bonds is 0. The second-order valence-corrected chi connectivity index (χ2v) is 6.91. The molecule has 0 spiro atoms. The van der Waals surface area contributed by atoms with Crippen molar-refractivity contribution in [3.8, 4) is 0 Å². The highest BCUT2D eigenvalue weighted by molar-refractivity contribution is 5.83. The van der Waals surface area contributed by atoms with Gasteiger partial charge >= 0.3 is 0 Å². The minimum atomic E-state index is 0.0880. The van der Waals surface area contributed by atoms with Gasteiger partial charge in [-0.2, -0.15) is 0 Å². The van der Waals surface area contributed by atoms with Crippen LogP contribution in [0.5, 0.6) is 0 Å². The minimum Gasteiger partial charge on any atom is -0.253 e. The lowest BCUT2D eigenvalue weighted by molar-refractivity contribution is 0.583. The van der Waals surface area contributed by atoms with Gasteiger partial charge < -0.3 is 0 Å². The van der Waals surface area contributed by atoms with Crippen molar-refractivity contribution in [2.45, 2.75) is 52.4 Å². The third-order valence-corrected chi connectivity index (χ3v) is 3.24. The average molecular weight is 242 g/mol.